The Balaban J connectivity index is 1.73. The van der Waals surface area contributed by atoms with Crippen LogP contribution in [0.1, 0.15) is 42.9 Å². The quantitative estimate of drug-likeness (QED) is 0.144. The van der Waals surface area contributed by atoms with Crippen molar-refractivity contribution in [3.8, 4) is 22.9 Å². The normalized spacial score (nSPS) is 14.7. The standard InChI is InChI=1S/C27H28ClFN6O4S/c1-13(16-6-5-9-31-24(16)30)32-25-20-23(34-27(35-25)40(4)36)21(29)22(33-26(20)38-3)17-10-15(39-12-37-2)11-18(28)19(17)14-7-8-14/h5-6,9-11,13-14H,7-8,12H2,1-4H3,(H2,30,31)(H,32,34,35)/t13-,40?/m1/s1. The van der Waals surface area contributed by atoms with E-state index in [1.807, 2.05) is 13.0 Å². The summed E-state index contributed by atoms with van der Waals surface area (Å²) in [5.74, 6) is 0.430. The summed E-state index contributed by atoms with van der Waals surface area (Å²) in [6.07, 6.45) is 4.85. The number of nitrogens with zero attached hydrogens (tertiary/aromatic N) is 4. The SMILES string of the molecule is COCOc1cc(Cl)c(C2CC2)c(-c2nc(OC)c3c(N[C@H](C)c4cccnc4N)nc([S+](C)[O-])nc3c2F)c1. The Morgan fingerprint density at radius 3 is 2.67 bits per heavy atom. The van der Waals surface area contributed by atoms with Gasteiger partial charge in [0.2, 0.25) is 5.88 Å². The topological polar surface area (TPSA) is 140 Å². The molecule has 0 saturated heterocycles. The lowest BCUT2D eigenvalue weighted by molar-refractivity contribution is 0.0511. The molecule has 0 amide bonds. The Morgan fingerprint density at radius 2 is 2.02 bits per heavy atom. The number of ether oxygens (including phenoxy) is 3. The van der Waals surface area contributed by atoms with Crippen molar-refractivity contribution in [2.24, 2.45) is 0 Å². The zero-order valence-corrected chi connectivity index (χ0v) is 23.9. The zero-order valence-electron chi connectivity index (χ0n) is 22.3. The number of hydrogen-bond acceptors (Lipinski definition) is 10. The molecule has 210 valence electrons. The Kier molecular flexibility index (Phi) is 8.13. The van der Waals surface area contributed by atoms with E-state index < -0.39 is 23.0 Å². The number of halogens is 2. The van der Waals surface area contributed by atoms with Gasteiger partial charge >= 0.3 is 5.16 Å². The molecule has 0 spiro atoms. The van der Waals surface area contributed by atoms with Crippen molar-refractivity contribution in [3.05, 3.63) is 52.4 Å². The second kappa shape index (κ2) is 11.6. The minimum absolute atomic E-state index is 0.0109. The molecule has 1 unspecified atom stereocenters. The van der Waals surface area contributed by atoms with Crippen LogP contribution in [0.25, 0.3) is 22.2 Å². The van der Waals surface area contributed by atoms with Crippen molar-refractivity contribution in [2.45, 2.75) is 36.9 Å². The van der Waals surface area contributed by atoms with E-state index in [0.29, 0.717) is 27.7 Å². The Morgan fingerprint density at radius 1 is 1.25 bits per heavy atom. The molecule has 5 rings (SSSR count). The van der Waals surface area contributed by atoms with Gasteiger partial charge in [0, 0.05) is 40.6 Å². The summed E-state index contributed by atoms with van der Waals surface area (Å²) >= 11 is 5.05. The molecule has 0 radical (unpaired) electrons. The molecule has 4 aromatic rings. The third-order valence-electron chi connectivity index (χ3n) is 6.56. The van der Waals surface area contributed by atoms with Gasteiger partial charge < -0.3 is 29.8 Å². The summed E-state index contributed by atoms with van der Waals surface area (Å²) in [5, 5.41) is 3.81. The van der Waals surface area contributed by atoms with Crippen molar-refractivity contribution in [2.75, 3.05) is 38.3 Å². The predicted octanol–water partition coefficient (Wildman–Crippen LogP) is 5.24. The molecule has 0 bridgehead atoms. The fraction of sp³-hybridized carbons (Fsp3) is 0.333. The van der Waals surface area contributed by atoms with Crippen LogP contribution in [0, 0.1) is 5.82 Å². The summed E-state index contributed by atoms with van der Waals surface area (Å²) in [6.45, 7) is 1.84. The Hall–Kier alpha value is -3.45. The molecule has 10 nitrogen and oxygen atoms in total. The first kappa shape index (κ1) is 28.1. The van der Waals surface area contributed by atoms with Crippen molar-refractivity contribution in [1.29, 1.82) is 0 Å². The van der Waals surface area contributed by atoms with Gasteiger partial charge in [0.25, 0.3) is 0 Å². The van der Waals surface area contributed by atoms with Gasteiger partial charge in [-0.25, -0.2) is 14.4 Å². The lowest BCUT2D eigenvalue weighted by Gasteiger charge is -2.20. The second-order valence-corrected chi connectivity index (χ2v) is 11.0. The smallest absolute Gasteiger partial charge is 0.345 e. The van der Waals surface area contributed by atoms with Crippen LogP contribution in [0.2, 0.25) is 5.02 Å². The lowest BCUT2D eigenvalue weighted by atomic mass is 9.98. The first-order chi connectivity index (χ1) is 19.2. The molecule has 40 heavy (non-hydrogen) atoms. The van der Waals surface area contributed by atoms with E-state index in [9.17, 15) is 4.55 Å². The first-order valence-electron chi connectivity index (χ1n) is 12.4. The van der Waals surface area contributed by atoms with Crippen LogP contribution in [0.15, 0.2) is 35.6 Å². The Bertz CT molecular complexity index is 1570. The van der Waals surface area contributed by atoms with Crippen molar-refractivity contribution < 1.29 is 23.2 Å². The van der Waals surface area contributed by atoms with E-state index in [-0.39, 0.29) is 46.2 Å². The van der Waals surface area contributed by atoms with E-state index in [2.05, 4.69) is 25.3 Å². The van der Waals surface area contributed by atoms with Crippen LogP contribution < -0.4 is 20.5 Å². The van der Waals surface area contributed by atoms with Gasteiger partial charge in [-0.3, -0.25) is 0 Å². The van der Waals surface area contributed by atoms with E-state index in [0.717, 1.165) is 18.4 Å². The molecular formula is C27H28ClFN6O4S. The van der Waals surface area contributed by atoms with Gasteiger partial charge in [-0.05, 0) is 49.4 Å². The molecule has 13 heteroatoms. The maximum atomic E-state index is 16.5. The number of rotatable bonds is 10. The Labute approximate surface area is 238 Å². The van der Waals surface area contributed by atoms with Crippen LogP contribution in [-0.4, -0.2) is 51.8 Å². The number of hydrogen-bond donors (Lipinski definition) is 2. The number of benzene rings is 1. The van der Waals surface area contributed by atoms with Crippen LogP contribution in [0.4, 0.5) is 16.0 Å². The van der Waals surface area contributed by atoms with Crippen LogP contribution in [0.5, 0.6) is 11.6 Å². The van der Waals surface area contributed by atoms with Gasteiger partial charge in [0.05, 0.1) is 13.2 Å². The minimum atomic E-state index is -1.62. The fourth-order valence-electron chi connectivity index (χ4n) is 4.54. The summed E-state index contributed by atoms with van der Waals surface area (Å²) in [6, 6.07) is 6.55. The number of nitrogen functional groups attached to an aromatic ring is 1. The summed E-state index contributed by atoms with van der Waals surface area (Å²) in [5.41, 5.74) is 7.89. The molecule has 3 heterocycles. The molecule has 1 aromatic carbocycles. The third kappa shape index (κ3) is 5.44. The maximum Gasteiger partial charge on any atom is 0.345 e. The molecule has 1 aliphatic rings. The number of nitrogens with one attached hydrogen (secondary N) is 1. The summed E-state index contributed by atoms with van der Waals surface area (Å²) in [7, 11) is 2.93. The van der Waals surface area contributed by atoms with Crippen molar-refractivity contribution >= 4 is 45.3 Å². The molecule has 3 N–H and O–H groups in total. The summed E-state index contributed by atoms with van der Waals surface area (Å²) < 4.78 is 45.3. The number of aromatic nitrogens is 4. The number of anilines is 2. The number of nitrogens with two attached hydrogens (primary N) is 1. The van der Waals surface area contributed by atoms with E-state index in [1.54, 1.807) is 24.4 Å². The van der Waals surface area contributed by atoms with Gasteiger partial charge in [0.15, 0.2) is 12.6 Å². The highest BCUT2D eigenvalue weighted by Gasteiger charge is 2.33. The molecular weight excluding hydrogens is 559 g/mol. The average Bonchev–Trinajstić information content (AvgIpc) is 3.77. The third-order valence-corrected chi connectivity index (χ3v) is 7.57. The first-order valence-corrected chi connectivity index (χ1v) is 14.4. The lowest BCUT2D eigenvalue weighted by Crippen LogP contribution is -2.15. The maximum absolute atomic E-state index is 16.5. The van der Waals surface area contributed by atoms with Crippen molar-refractivity contribution in [1.82, 2.24) is 19.9 Å². The number of methoxy groups -OCH3 is 2. The van der Waals surface area contributed by atoms with Gasteiger partial charge in [-0.1, -0.05) is 17.7 Å². The zero-order chi connectivity index (χ0) is 28.6. The molecule has 2 atom stereocenters. The molecule has 3 aromatic heterocycles. The highest BCUT2D eigenvalue weighted by atomic mass is 35.5. The monoisotopic (exact) mass is 586 g/mol. The highest BCUT2D eigenvalue weighted by Crippen LogP contribution is 2.50. The fourth-order valence-corrected chi connectivity index (χ4v) is 5.35. The predicted molar refractivity (Wildman–Crippen MR) is 152 cm³/mol. The molecule has 1 saturated carbocycles. The molecule has 1 aliphatic carbocycles. The highest BCUT2D eigenvalue weighted by molar-refractivity contribution is 7.90. The van der Waals surface area contributed by atoms with Crippen LogP contribution in [0.3, 0.4) is 0 Å². The van der Waals surface area contributed by atoms with Crippen molar-refractivity contribution in [3.63, 3.8) is 0 Å². The second-order valence-electron chi connectivity index (χ2n) is 9.35. The van der Waals surface area contributed by atoms with Gasteiger partial charge in [0.1, 0.15) is 40.2 Å². The van der Waals surface area contributed by atoms with E-state index >= 15 is 4.39 Å². The van der Waals surface area contributed by atoms with Crippen LogP contribution in [-0.2, 0) is 15.9 Å². The van der Waals surface area contributed by atoms with Gasteiger partial charge in [-0.15, -0.1) is 0 Å². The number of pyridine rings is 2. The molecule has 0 aliphatic heterocycles. The average molecular weight is 587 g/mol. The molecule has 1 fully saturated rings. The van der Waals surface area contributed by atoms with E-state index in [1.165, 1.54) is 20.5 Å². The minimum Gasteiger partial charge on any atom is -0.609 e. The van der Waals surface area contributed by atoms with Gasteiger partial charge in [-0.2, -0.15) is 9.97 Å². The van der Waals surface area contributed by atoms with Crippen LogP contribution >= 0.6 is 11.6 Å². The van der Waals surface area contributed by atoms with E-state index in [4.69, 9.17) is 31.5 Å². The largest absolute Gasteiger partial charge is 0.609 e. The summed E-state index contributed by atoms with van der Waals surface area (Å²) in [4.78, 5) is 17.5. The number of fused-ring (bicyclic) bond motifs is 1.